The van der Waals surface area contributed by atoms with E-state index in [2.05, 4.69) is 15.8 Å². The lowest BCUT2D eigenvalue weighted by Crippen LogP contribution is -2.39. The van der Waals surface area contributed by atoms with Crippen LogP contribution in [0.25, 0.3) is 0 Å². The summed E-state index contributed by atoms with van der Waals surface area (Å²) in [6, 6.07) is 3.61. The molecule has 0 spiro atoms. The van der Waals surface area contributed by atoms with Crippen molar-refractivity contribution in [1.82, 2.24) is 15.8 Å². The van der Waals surface area contributed by atoms with Gasteiger partial charge in [0.15, 0.2) is 5.69 Å². The lowest BCUT2D eigenvalue weighted by Gasteiger charge is -2.23. The van der Waals surface area contributed by atoms with E-state index in [-0.39, 0.29) is 17.9 Å². The molecule has 7 nitrogen and oxygen atoms in total. The molecule has 2 amide bonds. The monoisotopic (exact) mass is 371 g/mol. The molecule has 27 heavy (non-hydrogen) atoms. The summed E-state index contributed by atoms with van der Waals surface area (Å²) in [5.74, 6) is 1.80. The third-order valence-electron chi connectivity index (χ3n) is 5.57. The van der Waals surface area contributed by atoms with Crippen LogP contribution in [0.2, 0.25) is 0 Å². The fourth-order valence-corrected chi connectivity index (χ4v) is 4.13. The average molecular weight is 371 g/mol. The summed E-state index contributed by atoms with van der Waals surface area (Å²) in [6.07, 6.45) is 9.06. The zero-order chi connectivity index (χ0) is 18.6. The van der Waals surface area contributed by atoms with Crippen LogP contribution in [0.1, 0.15) is 66.1 Å². The number of nitrogens with one attached hydrogen (secondary N) is 2. The summed E-state index contributed by atoms with van der Waals surface area (Å²) < 4.78 is 10.6. The average Bonchev–Trinajstić information content (AvgIpc) is 3.41. The number of furan rings is 1. The van der Waals surface area contributed by atoms with Gasteiger partial charge in [-0.05, 0) is 43.7 Å². The number of nitrogens with zero attached hydrogens (tertiary/aromatic N) is 1. The van der Waals surface area contributed by atoms with Crippen molar-refractivity contribution in [2.24, 2.45) is 5.92 Å². The molecule has 2 aliphatic carbocycles. The van der Waals surface area contributed by atoms with Gasteiger partial charge < -0.3 is 19.6 Å². The van der Waals surface area contributed by atoms with E-state index in [0.29, 0.717) is 43.2 Å². The smallest absolute Gasteiger partial charge is 0.274 e. The van der Waals surface area contributed by atoms with E-state index >= 15 is 0 Å². The molecule has 0 aliphatic heterocycles. The largest absolute Gasteiger partial charge is 0.467 e. The first-order chi connectivity index (χ1) is 13.2. The molecule has 0 saturated heterocycles. The third-order valence-corrected chi connectivity index (χ3v) is 5.57. The van der Waals surface area contributed by atoms with Gasteiger partial charge in [-0.1, -0.05) is 18.0 Å². The summed E-state index contributed by atoms with van der Waals surface area (Å²) >= 11 is 0. The third kappa shape index (κ3) is 4.23. The van der Waals surface area contributed by atoms with Gasteiger partial charge in [0, 0.05) is 24.4 Å². The van der Waals surface area contributed by atoms with E-state index in [1.54, 1.807) is 18.4 Å². The molecule has 2 heterocycles. The molecule has 2 aromatic rings. The summed E-state index contributed by atoms with van der Waals surface area (Å²) in [5.41, 5.74) is 1.12. The van der Waals surface area contributed by atoms with E-state index in [9.17, 15) is 9.59 Å². The van der Waals surface area contributed by atoms with Gasteiger partial charge >= 0.3 is 0 Å². The van der Waals surface area contributed by atoms with Crippen LogP contribution in [-0.2, 0) is 24.2 Å². The van der Waals surface area contributed by atoms with E-state index < -0.39 is 0 Å². The SMILES string of the molecule is O=C(CC1CCCC1)NC1CCc2onc(C(=O)NCc3ccco3)c2C1. The van der Waals surface area contributed by atoms with E-state index in [0.717, 1.165) is 30.6 Å². The van der Waals surface area contributed by atoms with Crippen molar-refractivity contribution in [1.29, 1.82) is 0 Å². The van der Waals surface area contributed by atoms with Crippen molar-refractivity contribution in [2.75, 3.05) is 0 Å². The van der Waals surface area contributed by atoms with Crippen molar-refractivity contribution in [3.05, 3.63) is 41.2 Å². The Hall–Kier alpha value is -2.57. The van der Waals surface area contributed by atoms with Crippen LogP contribution >= 0.6 is 0 Å². The van der Waals surface area contributed by atoms with Gasteiger partial charge in [0.1, 0.15) is 11.5 Å². The molecule has 1 atom stereocenters. The van der Waals surface area contributed by atoms with Crippen LogP contribution < -0.4 is 10.6 Å². The van der Waals surface area contributed by atoms with Crippen LogP contribution in [0, 0.1) is 5.92 Å². The highest BCUT2D eigenvalue weighted by atomic mass is 16.5. The molecule has 2 aromatic heterocycles. The van der Waals surface area contributed by atoms with Crippen LogP contribution in [0.15, 0.2) is 27.3 Å². The minimum absolute atomic E-state index is 0.0300. The lowest BCUT2D eigenvalue weighted by atomic mass is 9.91. The van der Waals surface area contributed by atoms with Crippen LogP contribution in [-0.4, -0.2) is 23.0 Å². The van der Waals surface area contributed by atoms with Gasteiger partial charge in [-0.3, -0.25) is 9.59 Å². The summed E-state index contributed by atoms with van der Waals surface area (Å²) in [5, 5.41) is 9.90. The molecule has 0 aromatic carbocycles. The quantitative estimate of drug-likeness (QED) is 0.814. The van der Waals surface area contributed by atoms with Crippen LogP contribution in [0.5, 0.6) is 0 Å². The number of carbonyl (C=O) groups is 2. The van der Waals surface area contributed by atoms with Gasteiger partial charge in [-0.25, -0.2) is 0 Å². The Morgan fingerprint density at radius 1 is 1.22 bits per heavy atom. The number of carbonyl (C=O) groups excluding carboxylic acids is 2. The molecule has 1 fully saturated rings. The number of amides is 2. The number of fused-ring (bicyclic) bond motifs is 1. The van der Waals surface area contributed by atoms with Gasteiger partial charge in [-0.2, -0.15) is 0 Å². The molecule has 1 unspecified atom stereocenters. The van der Waals surface area contributed by atoms with Crippen molar-refractivity contribution < 1.29 is 18.5 Å². The molecule has 144 valence electrons. The maximum Gasteiger partial charge on any atom is 0.274 e. The Kier molecular flexibility index (Phi) is 5.27. The number of rotatable bonds is 6. The van der Waals surface area contributed by atoms with Crippen molar-refractivity contribution >= 4 is 11.8 Å². The zero-order valence-electron chi connectivity index (χ0n) is 15.3. The van der Waals surface area contributed by atoms with Crippen molar-refractivity contribution in [3.63, 3.8) is 0 Å². The maximum atomic E-state index is 12.5. The predicted molar refractivity (Wildman–Crippen MR) is 96.9 cm³/mol. The molecule has 7 heteroatoms. The Morgan fingerprint density at radius 2 is 2.07 bits per heavy atom. The Bertz CT molecular complexity index is 790. The molecular formula is C20H25N3O4. The maximum absolute atomic E-state index is 12.5. The van der Waals surface area contributed by atoms with E-state index in [1.807, 2.05) is 0 Å². The highest BCUT2D eigenvalue weighted by Crippen LogP contribution is 2.28. The first-order valence-corrected chi connectivity index (χ1v) is 9.76. The summed E-state index contributed by atoms with van der Waals surface area (Å²) in [6.45, 7) is 0.301. The van der Waals surface area contributed by atoms with Gasteiger partial charge in [0.2, 0.25) is 5.91 Å². The first kappa shape index (κ1) is 17.8. The number of hydrogen-bond donors (Lipinski definition) is 2. The Balaban J connectivity index is 1.34. The Morgan fingerprint density at radius 3 is 2.85 bits per heavy atom. The normalized spacial score (nSPS) is 19.6. The van der Waals surface area contributed by atoms with E-state index in [4.69, 9.17) is 8.94 Å². The molecular weight excluding hydrogens is 346 g/mol. The van der Waals surface area contributed by atoms with Gasteiger partial charge in [0.05, 0.1) is 12.8 Å². The second kappa shape index (κ2) is 7.98. The predicted octanol–water partition coefficient (Wildman–Crippen LogP) is 2.75. The molecule has 2 N–H and O–H groups in total. The summed E-state index contributed by atoms with van der Waals surface area (Å²) in [4.78, 5) is 24.8. The highest BCUT2D eigenvalue weighted by Gasteiger charge is 2.30. The van der Waals surface area contributed by atoms with Gasteiger partial charge in [-0.15, -0.1) is 0 Å². The molecule has 2 aliphatic rings. The van der Waals surface area contributed by atoms with Crippen LogP contribution in [0.4, 0.5) is 0 Å². The van der Waals surface area contributed by atoms with Crippen molar-refractivity contribution in [2.45, 2.75) is 64.0 Å². The first-order valence-electron chi connectivity index (χ1n) is 9.76. The minimum Gasteiger partial charge on any atom is -0.467 e. The fourth-order valence-electron chi connectivity index (χ4n) is 4.13. The lowest BCUT2D eigenvalue weighted by molar-refractivity contribution is -0.122. The number of hydrogen-bond acceptors (Lipinski definition) is 5. The zero-order valence-corrected chi connectivity index (χ0v) is 15.3. The standard InChI is InChI=1S/C20H25N3O4/c24-18(10-13-4-1-2-5-13)22-14-7-8-17-16(11-14)19(23-27-17)20(25)21-12-15-6-3-9-26-15/h3,6,9,13-14H,1-2,4-5,7-8,10-12H2,(H,21,25)(H,22,24). The fraction of sp³-hybridized carbons (Fsp3) is 0.550. The summed E-state index contributed by atoms with van der Waals surface area (Å²) in [7, 11) is 0. The minimum atomic E-state index is -0.283. The second-order valence-corrected chi connectivity index (χ2v) is 7.56. The molecule has 0 radical (unpaired) electrons. The van der Waals surface area contributed by atoms with Gasteiger partial charge in [0.25, 0.3) is 5.91 Å². The number of aryl methyl sites for hydroxylation is 1. The second-order valence-electron chi connectivity index (χ2n) is 7.56. The highest BCUT2D eigenvalue weighted by molar-refractivity contribution is 5.93. The van der Waals surface area contributed by atoms with Crippen LogP contribution in [0.3, 0.4) is 0 Å². The molecule has 0 bridgehead atoms. The molecule has 1 saturated carbocycles. The van der Waals surface area contributed by atoms with E-state index in [1.165, 1.54) is 12.8 Å². The number of aromatic nitrogens is 1. The Labute approximate surface area is 157 Å². The molecule has 4 rings (SSSR count). The van der Waals surface area contributed by atoms with Crippen molar-refractivity contribution in [3.8, 4) is 0 Å². The topological polar surface area (TPSA) is 97.4 Å².